The highest BCUT2D eigenvalue weighted by molar-refractivity contribution is 7.22. The van der Waals surface area contributed by atoms with Crippen molar-refractivity contribution in [3.8, 4) is 5.75 Å². The van der Waals surface area contributed by atoms with Gasteiger partial charge in [-0.2, -0.15) is 0 Å². The van der Waals surface area contributed by atoms with Crippen molar-refractivity contribution in [3.63, 3.8) is 0 Å². The van der Waals surface area contributed by atoms with Crippen molar-refractivity contribution in [2.45, 2.75) is 26.7 Å². The van der Waals surface area contributed by atoms with E-state index in [1.807, 2.05) is 30.9 Å². The van der Waals surface area contributed by atoms with Crippen LogP contribution >= 0.6 is 11.3 Å². The lowest BCUT2D eigenvalue weighted by atomic mass is 10.2. The summed E-state index contributed by atoms with van der Waals surface area (Å²) in [6.07, 6.45) is 1.57. The number of fused-ring (bicyclic) bond motifs is 1. The molecular weight excluding hydrogens is 310 g/mol. The number of anilines is 1. The lowest BCUT2D eigenvalue weighted by Gasteiger charge is -2.34. The van der Waals surface area contributed by atoms with Crippen LogP contribution < -0.4 is 9.64 Å². The monoisotopic (exact) mass is 333 g/mol. The topological polar surface area (TPSA) is 45.7 Å². The molecule has 124 valence electrons. The number of hydrogen-bond donors (Lipinski definition) is 0. The van der Waals surface area contributed by atoms with Crippen LogP contribution in [0.3, 0.4) is 0 Å². The Labute approximate surface area is 140 Å². The molecule has 5 nitrogen and oxygen atoms in total. The van der Waals surface area contributed by atoms with Crippen molar-refractivity contribution < 1.29 is 9.53 Å². The van der Waals surface area contributed by atoms with Crippen molar-refractivity contribution in [1.82, 2.24) is 9.88 Å². The molecule has 1 aromatic carbocycles. The van der Waals surface area contributed by atoms with Crippen LogP contribution in [0.2, 0.25) is 0 Å². The van der Waals surface area contributed by atoms with Crippen LogP contribution in [0.15, 0.2) is 18.2 Å². The Morgan fingerprint density at radius 3 is 2.74 bits per heavy atom. The Hall–Kier alpha value is -1.82. The van der Waals surface area contributed by atoms with E-state index in [1.54, 1.807) is 11.3 Å². The Morgan fingerprint density at radius 1 is 1.26 bits per heavy atom. The molecule has 0 saturated carbocycles. The summed E-state index contributed by atoms with van der Waals surface area (Å²) in [6.45, 7) is 8.00. The number of amides is 1. The summed E-state index contributed by atoms with van der Waals surface area (Å²) in [6, 6.07) is 6.04. The second kappa shape index (κ2) is 7.17. The van der Waals surface area contributed by atoms with Gasteiger partial charge in [0.15, 0.2) is 5.13 Å². The Bertz CT molecular complexity index is 678. The van der Waals surface area contributed by atoms with Gasteiger partial charge in [-0.05, 0) is 31.5 Å². The predicted molar refractivity (Wildman–Crippen MR) is 94.5 cm³/mol. The first-order valence-corrected chi connectivity index (χ1v) is 9.09. The molecule has 2 heterocycles. The molecule has 23 heavy (non-hydrogen) atoms. The third-order valence-corrected chi connectivity index (χ3v) is 5.11. The number of hydrogen-bond acceptors (Lipinski definition) is 5. The molecule has 1 aliphatic rings. The molecule has 0 atom stereocenters. The van der Waals surface area contributed by atoms with Crippen LogP contribution in [0.5, 0.6) is 5.75 Å². The summed E-state index contributed by atoms with van der Waals surface area (Å²) in [4.78, 5) is 20.9. The minimum atomic E-state index is 0.276. The zero-order valence-electron chi connectivity index (χ0n) is 13.7. The molecule has 6 heteroatoms. The lowest BCUT2D eigenvalue weighted by Crippen LogP contribution is -2.48. The minimum absolute atomic E-state index is 0.276. The van der Waals surface area contributed by atoms with Crippen molar-refractivity contribution in [1.29, 1.82) is 0 Å². The van der Waals surface area contributed by atoms with Gasteiger partial charge >= 0.3 is 0 Å². The number of ether oxygens (including phenoxy) is 1. The summed E-state index contributed by atoms with van der Waals surface area (Å²) in [7, 11) is 0. The fourth-order valence-corrected chi connectivity index (χ4v) is 3.85. The predicted octanol–water partition coefficient (Wildman–Crippen LogP) is 3.14. The fourth-order valence-electron chi connectivity index (χ4n) is 2.80. The van der Waals surface area contributed by atoms with Gasteiger partial charge in [-0.25, -0.2) is 4.98 Å². The zero-order chi connectivity index (χ0) is 16.2. The summed E-state index contributed by atoms with van der Waals surface area (Å²) in [5.41, 5.74) is 1.01. The first-order chi connectivity index (χ1) is 11.2. The molecule has 1 saturated heterocycles. The van der Waals surface area contributed by atoms with Crippen LogP contribution in [0.4, 0.5) is 5.13 Å². The number of thiazole rings is 1. The Kier molecular flexibility index (Phi) is 5.00. The van der Waals surface area contributed by atoms with Gasteiger partial charge in [0, 0.05) is 32.6 Å². The molecule has 1 fully saturated rings. The molecule has 0 aliphatic carbocycles. The molecule has 0 spiro atoms. The Morgan fingerprint density at radius 2 is 2.04 bits per heavy atom. The number of benzene rings is 1. The fraction of sp³-hybridized carbons (Fsp3) is 0.529. The van der Waals surface area contributed by atoms with Crippen LogP contribution in [-0.4, -0.2) is 48.6 Å². The minimum Gasteiger partial charge on any atom is -0.494 e. The van der Waals surface area contributed by atoms with Gasteiger partial charge in [0.05, 0.1) is 16.8 Å². The largest absolute Gasteiger partial charge is 0.494 e. The van der Waals surface area contributed by atoms with Crippen molar-refractivity contribution in [3.05, 3.63) is 18.2 Å². The third kappa shape index (κ3) is 3.58. The van der Waals surface area contributed by atoms with E-state index in [0.29, 0.717) is 13.0 Å². The normalized spacial score (nSPS) is 15.2. The first-order valence-electron chi connectivity index (χ1n) is 8.27. The van der Waals surface area contributed by atoms with E-state index < -0.39 is 0 Å². The first kappa shape index (κ1) is 16.1. The smallest absolute Gasteiger partial charge is 0.222 e. The molecule has 1 amide bonds. The van der Waals surface area contributed by atoms with Crippen LogP contribution in [-0.2, 0) is 4.79 Å². The molecule has 0 radical (unpaired) electrons. The van der Waals surface area contributed by atoms with E-state index in [4.69, 9.17) is 9.72 Å². The lowest BCUT2D eigenvalue weighted by molar-refractivity contribution is -0.131. The molecule has 0 N–H and O–H groups in total. The molecule has 0 bridgehead atoms. The molecular formula is C17H23N3O2S. The second-order valence-electron chi connectivity index (χ2n) is 5.68. The molecule has 1 aliphatic heterocycles. The van der Waals surface area contributed by atoms with Crippen LogP contribution in [0, 0.1) is 0 Å². The van der Waals surface area contributed by atoms with Gasteiger partial charge in [-0.1, -0.05) is 18.3 Å². The number of rotatable bonds is 5. The molecule has 2 aromatic rings. The van der Waals surface area contributed by atoms with Crippen molar-refractivity contribution in [2.24, 2.45) is 0 Å². The van der Waals surface area contributed by atoms with Gasteiger partial charge in [0.2, 0.25) is 5.91 Å². The molecule has 0 unspecified atom stereocenters. The van der Waals surface area contributed by atoms with Crippen molar-refractivity contribution in [2.75, 3.05) is 37.7 Å². The average molecular weight is 333 g/mol. The number of nitrogens with zero attached hydrogens (tertiary/aromatic N) is 3. The molecule has 1 aromatic heterocycles. The summed E-state index contributed by atoms with van der Waals surface area (Å²) < 4.78 is 6.70. The Balaban J connectivity index is 1.68. The maximum absolute atomic E-state index is 12.0. The van der Waals surface area contributed by atoms with Crippen molar-refractivity contribution >= 4 is 32.6 Å². The maximum Gasteiger partial charge on any atom is 0.222 e. The SMILES string of the molecule is CCCC(=O)N1CCN(c2nc3ccc(OCC)cc3s2)CC1. The standard InChI is InChI=1S/C17H23N3O2S/c1-3-5-16(21)19-8-10-20(11-9-19)17-18-14-7-6-13(22-4-2)12-15(14)23-17/h6-7,12H,3-5,8-11H2,1-2H3. The second-order valence-corrected chi connectivity index (χ2v) is 6.69. The van der Waals surface area contributed by atoms with E-state index >= 15 is 0 Å². The summed E-state index contributed by atoms with van der Waals surface area (Å²) in [5, 5.41) is 1.04. The highest BCUT2D eigenvalue weighted by atomic mass is 32.1. The number of aromatic nitrogens is 1. The average Bonchev–Trinajstić information content (AvgIpc) is 2.99. The van der Waals surface area contributed by atoms with Gasteiger partial charge < -0.3 is 14.5 Å². The quantitative estimate of drug-likeness (QED) is 0.843. The van der Waals surface area contributed by atoms with E-state index in [2.05, 4.69) is 11.0 Å². The van der Waals surface area contributed by atoms with E-state index in [1.165, 1.54) is 0 Å². The number of carbonyl (C=O) groups is 1. The number of carbonyl (C=O) groups excluding carboxylic acids is 1. The van der Waals surface area contributed by atoms with Gasteiger partial charge in [-0.15, -0.1) is 0 Å². The van der Waals surface area contributed by atoms with Crippen LogP contribution in [0.1, 0.15) is 26.7 Å². The van der Waals surface area contributed by atoms with E-state index in [9.17, 15) is 4.79 Å². The molecule has 3 rings (SSSR count). The van der Waals surface area contributed by atoms with Gasteiger partial charge in [-0.3, -0.25) is 4.79 Å². The highest BCUT2D eigenvalue weighted by Gasteiger charge is 2.22. The van der Waals surface area contributed by atoms with Crippen LogP contribution in [0.25, 0.3) is 10.2 Å². The summed E-state index contributed by atoms with van der Waals surface area (Å²) in [5.74, 6) is 1.17. The highest BCUT2D eigenvalue weighted by Crippen LogP contribution is 2.32. The zero-order valence-corrected chi connectivity index (χ0v) is 14.6. The third-order valence-electron chi connectivity index (χ3n) is 4.03. The van der Waals surface area contributed by atoms with E-state index in [-0.39, 0.29) is 5.91 Å². The summed E-state index contributed by atoms with van der Waals surface area (Å²) >= 11 is 1.70. The number of piperazine rings is 1. The van der Waals surface area contributed by atoms with E-state index in [0.717, 1.165) is 53.7 Å². The maximum atomic E-state index is 12.0. The van der Waals surface area contributed by atoms with Gasteiger partial charge in [0.25, 0.3) is 0 Å². The van der Waals surface area contributed by atoms with Gasteiger partial charge in [0.1, 0.15) is 5.75 Å².